The summed E-state index contributed by atoms with van der Waals surface area (Å²) in [5, 5.41) is 22.5. The summed E-state index contributed by atoms with van der Waals surface area (Å²) in [5.41, 5.74) is 4.30. The Morgan fingerprint density at radius 2 is 2.29 bits per heavy atom. The number of nitrogens with zero attached hydrogens (tertiary/aromatic N) is 1. The number of carbonyl (C=O) groups is 1. The lowest BCUT2D eigenvalue weighted by Gasteiger charge is -2.23. The molecule has 1 aliphatic rings. The molecule has 1 aliphatic heterocycles. The molecular weight excluding hydrogens is 228 g/mol. The summed E-state index contributed by atoms with van der Waals surface area (Å²) in [6, 6.07) is 4.00. The van der Waals surface area contributed by atoms with Gasteiger partial charge in [0.25, 0.3) is 5.69 Å². The molecule has 4 N–H and O–H groups in total. The monoisotopic (exact) mass is 238 g/mol. The third-order valence-electron chi connectivity index (χ3n) is 2.70. The number of nitrogens with one attached hydrogen (secondary N) is 3. The van der Waals surface area contributed by atoms with Crippen LogP contribution < -0.4 is 16.2 Å². The van der Waals surface area contributed by atoms with Crippen LogP contribution in [-0.2, 0) is 10.5 Å². The van der Waals surface area contributed by atoms with Gasteiger partial charge in [0.05, 0.1) is 10.6 Å². The maximum Gasteiger partial charge on any atom is 0.345 e. The molecule has 0 amide bonds. The van der Waals surface area contributed by atoms with Crippen LogP contribution in [0.2, 0.25) is 0 Å². The van der Waals surface area contributed by atoms with Gasteiger partial charge in [-0.1, -0.05) is 0 Å². The Kier molecular flexibility index (Phi) is 2.45. The zero-order valence-corrected chi connectivity index (χ0v) is 8.85. The molecule has 0 aromatic heterocycles. The van der Waals surface area contributed by atoms with E-state index in [0.717, 1.165) is 0 Å². The highest BCUT2D eigenvalue weighted by Crippen LogP contribution is 2.34. The summed E-state index contributed by atoms with van der Waals surface area (Å²) in [7, 11) is 1.46. The highest BCUT2D eigenvalue weighted by Gasteiger charge is 2.45. The van der Waals surface area contributed by atoms with Crippen LogP contribution in [0.15, 0.2) is 18.2 Å². The molecule has 0 saturated heterocycles. The number of hydrazine groups is 1. The Hall–Kier alpha value is -2.19. The molecule has 1 atom stereocenters. The molecule has 1 aromatic rings. The summed E-state index contributed by atoms with van der Waals surface area (Å²) < 4.78 is 0. The molecule has 0 saturated carbocycles. The van der Waals surface area contributed by atoms with E-state index in [-0.39, 0.29) is 11.3 Å². The highest BCUT2D eigenvalue weighted by molar-refractivity contribution is 5.85. The van der Waals surface area contributed by atoms with Crippen LogP contribution in [0.5, 0.6) is 0 Å². The molecule has 1 aromatic carbocycles. The van der Waals surface area contributed by atoms with Crippen LogP contribution >= 0.6 is 0 Å². The second-order valence-electron chi connectivity index (χ2n) is 3.54. The van der Waals surface area contributed by atoms with E-state index in [1.54, 1.807) is 0 Å². The number of benzene rings is 1. The molecule has 0 radical (unpaired) electrons. The summed E-state index contributed by atoms with van der Waals surface area (Å²) in [5.74, 6) is -1.17. The number of rotatable bonds is 3. The summed E-state index contributed by atoms with van der Waals surface area (Å²) in [6.07, 6.45) is 0. The second kappa shape index (κ2) is 3.68. The molecular formula is C9H10N4O4. The lowest BCUT2D eigenvalue weighted by Crippen LogP contribution is -2.56. The van der Waals surface area contributed by atoms with E-state index >= 15 is 0 Å². The van der Waals surface area contributed by atoms with Gasteiger partial charge < -0.3 is 10.5 Å². The predicted octanol–water partition coefficient (Wildman–Crippen LogP) is -0.0183. The van der Waals surface area contributed by atoms with Crippen molar-refractivity contribution in [2.24, 2.45) is 0 Å². The van der Waals surface area contributed by atoms with Gasteiger partial charge in [-0.25, -0.2) is 10.2 Å². The highest BCUT2D eigenvalue weighted by atomic mass is 16.6. The van der Waals surface area contributed by atoms with Gasteiger partial charge in [-0.05, 0) is 13.1 Å². The number of likely N-dealkylation sites (N-methyl/N-ethyl adjacent to an activating group) is 1. The first kappa shape index (κ1) is 11.3. The van der Waals surface area contributed by atoms with Gasteiger partial charge in [0.1, 0.15) is 0 Å². The number of hydrogen-bond donors (Lipinski definition) is 4. The lowest BCUT2D eigenvalue weighted by atomic mass is 9.99. The van der Waals surface area contributed by atoms with Crippen LogP contribution in [-0.4, -0.2) is 23.0 Å². The van der Waals surface area contributed by atoms with Gasteiger partial charge >= 0.3 is 5.97 Å². The van der Waals surface area contributed by atoms with Crippen LogP contribution in [0.25, 0.3) is 0 Å². The van der Waals surface area contributed by atoms with Crippen LogP contribution in [0.4, 0.5) is 11.4 Å². The minimum absolute atomic E-state index is 0.157. The zero-order chi connectivity index (χ0) is 12.6. The largest absolute Gasteiger partial charge is 0.479 e. The van der Waals surface area contributed by atoms with Crippen LogP contribution in [0, 0.1) is 10.1 Å². The molecule has 8 heteroatoms. The van der Waals surface area contributed by atoms with E-state index < -0.39 is 16.6 Å². The summed E-state index contributed by atoms with van der Waals surface area (Å²) in [6.45, 7) is 0. The first-order valence-electron chi connectivity index (χ1n) is 4.75. The third-order valence-corrected chi connectivity index (χ3v) is 2.70. The Balaban J connectivity index is 2.59. The molecule has 2 rings (SSSR count). The molecule has 0 aliphatic carbocycles. The quantitative estimate of drug-likeness (QED) is 0.432. The van der Waals surface area contributed by atoms with Gasteiger partial charge in [0, 0.05) is 17.7 Å². The van der Waals surface area contributed by atoms with Crippen molar-refractivity contribution in [1.82, 2.24) is 10.7 Å². The topological polar surface area (TPSA) is 117 Å². The minimum atomic E-state index is -1.55. The Morgan fingerprint density at radius 1 is 1.59 bits per heavy atom. The van der Waals surface area contributed by atoms with E-state index in [9.17, 15) is 20.0 Å². The Labute approximate surface area is 95.7 Å². The van der Waals surface area contributed by atoms with Crippen molar-refractivity contribution in [2.75, 3.05) is 12.5 Å². The molecule has 0 bridgehead atoms. The first-order chi connectivity index (χ1) is 8.01. The minimum Gasteiger partial charge on any atom is -0.479 e. The maximum atomic E-state index is 11.3. The second-order valence-corrected chi connectivity index (χ2v) is 3.54. The average Bonchev–Trinajstić information content (AvgIpc) is 2.67. The molecule has 1 unspecified atom stereocenters. The number of carboxylic acids is 1. The Bertz CT molecular complexity index is 504. The van der Waals surface area contributed by atoms with E-state index in [4.69, 9.17) is 0 Å². The van der Waals surface area contributed by atoms with Gasteiger partial charge in [-0.2, -0.15) is 0 Å². The van der Waals surface area contributed by atoms with Gasteiger partial charge in [0.15, 0.2) is 0 Å². The van der Waals surface area contributed by atoms with Crippen LogP contribution in [0.3, 0.4) is 0 Å². The van der Waals surface area contributed by atoms with Gasteiger partial charge in [-0.3, -0.25) is 15.4 Å². The van der Waals surface area contributed by atoms with Crippen molar-refractivity contribution < 1.29 is 14.8 Å². The smallest absolute Gasteiger partial charge is 0.345 e. The number of aliphatic carboxylic acids is 1. The summed E-state index contributed by atoms with van der Waals surface area (Å²) in [4.78, 5) is 21.4. The summed E-state index contributed by atoms with van der Waals surface area (Å²) >= 11 is 0. The Morgan fingerprint density at radius 3 is 2.82 bits per heavy atom. The first-order valence-corrected chi connectivity index (χ1v) is 4.75. The maximum absolute atomic E-state index is 11.3. The van der Waals surface area contributed by atoms with Gasteiger partial charge in [0.2, 0.25) is 5.66 Å². The van der Waals surface area contributed by atoms with E-state index in [0.29, 0.717) is 5.69 Å². The number of nitro benzene ring substituents is 1. The molecule has 0 spiro atoms. The van der Waals surface area contributed by atoms with E-state index in [1.807, 2.05) is 0 Å². The van der Waals surface area contributed by atoms with Crippen molar-refractivity contribution in [3.8, 4) is 0 Å². The fraction of sp³-hybridized carbons (Fsp3) is 0.222. The van der Waals surface area contributed by atoms with E-state index in [1.165, 1.54) is 25.2 Å². The standard InChI is InChI=1S/C9H10N4O4/c1-10-9(8(14)15)6-4-5(13(16)17)2-3-7(6)11-12-9/h2-4,10-12H,1H3,(H,14,15). The molecule has 90 valence electrons. The van der Waals surface area contributed by atoms with Crippen molar-refractivity contribution in [1.29, 1.82) is 0 Å². The van der Waals surface area contributed by atoms with Gasteiger partial charge in [-0.15, -0.1) is 0 Å². The lowest BCUT2D eigenvalue weighted by molar-refractivity contribution is -0.384. The number of hydrogen-bond acceptors (Lipinski definition) is 6. The number of anilines is 1. The average molecular weight is 238 g/mol. The van der Waals surface area contributed by atoms with Crippen molar-refractivity contribution in [3.05, 3.63) is 33.9 Å². The third kappa shape index (κ3) is 1.50. The normalized spacial score (nSPS) is 21.7. The van der Waals surface area contributed by atoms with Crippen molar-refractivity contribution >= 4 is 17.3 Å². The van der Waals surface area contributed by atoms with Crippen molar-refractivity contribution in [3.63, 3.8) is 0 Å². The number of carboxylic acid groups (broad SMARTS) is 1. The molecule has 17 heavy (non-hydrogen) atoms. The fourth-order valence-corrected chi connectivity index (χ4v) is 1.77. The molecule has 8 nitrogen and oxygen atoms in total. The fourth-order valence-electron chi connectivity index (χ4n) is 1.77. The van der Waals surface area contributed by atoms with E-state index in [2.05, 4.69) is 16.2 Å². The number of fused-ring (bicyclic) bond motifs is 1. The van der Waals surface area contributed by atoms with Crippen LogP contribution in [0.1, 0.15) is 5.56 Å². The predicted molar refractivity (Wildman–Crippen MR) is 58.2 cm³/mol. The molecule has 1 heterocycles. The molecule has 0 fully saturated rings. The van der Waals surface area contributed by atoms with Crippen molar-refractivity contribution in [2.45, 2.75) is 5.66 Å². The number of non-ortho nitro benzene ring substituents is 1. The number of nitro groups is 1. The SMILES string of the molecule is CNC1(C(=O)O)NNc2ccc([N+](=O)[O-])cc21. The zero-order valence-electron chi connectivity index (χ0n) is 8.85.